The van der Waals surface area contributed by atoms with Gasteiger partial charge in [0.2, 0.25) is 5.91 Å². The molecule has 1 aromatic rings. The van der Waals surface area contributed by atoms with E-state index >= 15 is 0 Å². The summed E-state index contributed by atoms with van der Waals surface area (Å²) in [6, 6.07) is 4.33. The average molecular weight is 392 g/mol. The van der Waals surface area contributed by atoms with Crippen LogP contribution in [0.3, 0.4) is 0 Å². The Morgan fingerprint density at radius 3 is 2.52 bits per heavy atom. The highest BCUT2D eigenvalue weighted by atomic mass is 32.1. The van der Waals surface area contributed by atoms with Crippen LogP contribution in [-0.4, -0.2) is 80.4 Å². The van der Waals surface area contributed by atoms with E-state index in [2.05, 4.69) is 37.6 Å². The zero-order valence-corrected chi connectivity index (χ0v) is 17.7. The van der Waals surface area contributed by atoms with E-state index in [1.165, 1.54) is 4.88 Å². The standard InChI is InChI=1S/C20H33N5OS/c1-21-19(22-16-20(8-4-5-9-20)18(26)23(2)3)25-12-10-24(11-13-25)15-17-7-6-14-27-17/h6-7,14H,4-5,8-13,15-16H2,1-3H3,(H,21,22). The Morgan fingerprint density at radius 1 is 1.26 bits per heavy atom. The normalized spacial score (nSPS) is 20.7. The molecule has 7 heteroatoms. The first-order chi connectivity index (χ1) is 13.0. The zero-order valence-electron chi connectivity index (χ0n) is 16.9. The molecule has 2 heterocycles. The molecule has 0 bridgehead atoms. The molecule has 1 aliphatic heterocycles. The summed E-state index contributed by atoms with van der Waals surface area (Å²) >= 11 is 1.83. The molecule has 0 spiro atoms. The second-order valence-corrected chi connectivity index (χ2v) is 8.96. The average Bonchev–Trinajstić information content (AvgIpc) is 3.35. The van der Waals surface area contributed by atoms with Gasteiger partial charge in [0.15, 0.2) is 5.96 Å². The van der Waals surface area contributed by atoms with Gasteiger partial charge in [-0.15, -0.1) is 11.3 Å². The Hall–Kier alpha value is -1.60. The van der Waals surface area contributed by atoms with Gasteiger partial charge in [0.1, 0.15) is 0 Å². The largest absolute Gasteiger partial charge is 0.355 e. The summed E-state index contributed by atoms with van der Waals surface area (Å²) in [5.74, 6) is 1.19. The SMILES string of the molecule is CN=C(NCC1(C(=O)N(C)C)CCCC1)N1CCN(Cc2cccs2)CC1. The maximum absolute atomic E-state index is 12.8. The maximum Gasteiger partial charge on any atom is 0.230 e. The van der Waals surface area contributed by atoms with Crippen LogP contribution in [0.1, 0.15) is 30.6 Å². The molecule has 0 unspecified atom stereocenters. The minimum absolute atomic E-state index is 0.253. The molecular formula is C20H33N5OS. The third-order valence-electron chi connectivity index (χ3n) is 5.85. The number of thiophene rings is 1. The first-order valence-corrected chi connectivity index (χ1v) is 10.8. The van der Waals surface area contributed by atoms with Crippen molar-refractivity contribution >= 4 is 23.2 Å². The van der Waals surface area contributed by atoms with Gasteiger partial charge in [-0.3, -0.25) is 14.7 Å². The van der Waals surface area contributed by atoms with Crippen molar-refractivity contribution in [2.75, 3.05) is 53.9 Å². The van der Waals surface area contributed by atoms with E-state index in [4.69, 9.17) is 0 Å². The third-order valence-corrected chi connectivity index (χ3v) is 6.71. The van der Waals surface area contributed by atoms with Crippen molar-refractivity contribution in [2.45, 2.75) is 32.2 Å². The van der Waals surface area contributed by atoms with Crippen molar-refractivity contribution in [3.8, 4) is 0 Å². The van der Waals surface area contributed by atoms with Crippen molar-refractivity contribution in [1.82, 2.24) is 20.0 Å². The monoisotopic (exact) mass is 391 g/mol. The lowest BCUT2D eigenvalue weighted by molar-refractivity contribution is -0.138. The summed E-state index contributed by atoms with van der Waals surface area (Å²) in [7, 11) is 5.57. The summed E-state index contributed by atoms with van der Waals surface area (Å²) in [6.07, 6.45) is 4.23. The number of nitrogens with zero attached hydrogens (tertiary/aromatic N) is 4. The fourth-order valence-corrected chi connectivity index (χ4v) is 5.06. The number of amides is 1. The van der Waals surface area contributed by atoms with Gasteiger partial charge >= 0.3 is 0 Å². The Bertz CT molecular complexity index is 629. The summed E-state index contributed by atoms with van der Waals surface area (Å²) < 4.78 is 0. The summed E-state index contributed by atoms with van der Waals surface area (Å²) in [4.78, 5) is 25.3. The highest BCUT2D eigenvalue weighted by Gasteiger charge is 2.42. The number of hydrogen-bond acceptors (Lipinski definition) is 4. The molecule has 1 saturated carbocycles. The maximum atomic E-state index is 12.8. The molecule has 2 fully saturated rings. The molecule has 0 aromatic carbocycles. The van der Waals surface area contributed by atoms with Gasteiger partial charge in [0, 0.05) is 65.3 Å². The van der Waals surface area contributed by atoms with Crippen LogP contribution < -0.4 is 5.32 Å². The van der Waals surface area contributed by atoms with Crippen LogP contribution in [-0.2, 0) is 11.3 Å². The molecule has 6 nitrogen and oxygen atoms in total. The third kappa shape index (κ3) is 4.82. The van der Waals surface area contributed by atoms with Crippen LogP contribution in [0, 0.1) is 5.41 Å². The van der Waals surface area contributed by atoms with E-state index in [-0.39, 0.29) is 11.3 Å². The molecule has 2 aliphatic rings. The highest BCUT2D eigenvalue weighted by molar-refractivity contribution is 7.09. The van der Waals surface area contributed by atoms with E-state index in [1.54, 1.807) is 4.90 Å². The second-order valence-electron chi connectivity index (χ2n) is 7.93. The number of hydrogen-bond donors (Lipinski definition) is 1. The lowest BCUT2D eigenvalue weighted by atomic mass is 9.84. The predicted octanol–water partition coefficient (Wildman–Crippen LogP) is 2.09. The van der Waals surface area contributed by atoms with Gasteiger partial charge < -0.3 is 15.1 Å². The first-order valence-electron chi connectivity index (χ1n) is 9.96. The van der Waals surface area contributed by atoms with E-state index in [0.29, 0.717) is 6.54 Å². The van der Waals surface area contributed by atoms with Crippen molar-refractivity contribution in [3.05, 3.63) is 22.4 Å². The minimum atomic E-state index is -0.263. The topological polar surface area (TPSA) is 51.2 Å². The molecule has 27 heavy (non-hydrogen) atoms. The van der Waals surface area contributed by atoms with Crippen molar-refractivity contribution in [1.29, 1.82) is 0 Å². The summed E-state index contributed by atoms with van der Waals surface area (Å²) in [5, 5.41) is 5.67. The quantitative estimate of drug-likeness (QED) is 0.617. The highest BCUT2D eigenvalue weighted by Crippen LogP contribution is 2.39. The Labute approximate surface area is 167 Å². The molecule has 150 valence electrons. The van der Waals surface area contributed by atoms with Gasteiger partial charge in [-0.1, -0.05) is 18.9 Å². The van der Waals surface area contributed by atoms with Crippen LogP contribution in [0.15, 0.2) is 22.5 Å². The van der Waals surface area contributed by atoms with Crippen LogP contribution in [0.25, 0.3) is 0 Å². The molecule has 0 radical (unpaired) electrons. The van der Waals surface area contributed by atoms with Crippen molar-refractivity contribution < 1.29 is 4.79 Å². The number of carbonyl (C=O) groups excluding carboxylic acids is 1. The number of carbonyl (C=O) groups is 1. The number of nitrogens with one attached hydrogen (secondary N) is 1. The molecule has 1 N–H and O–H groups in total. The van der Waals surface area contributed by atoms with Crippen molar-refractivity contribution in [2.24, 2.45) is 10.4 Å². The zero-order chi connectivity index (χ0) is 19.3. The molecule has 0 atom stereocenters. The number of aliphatic imine (C=N–C) groups is 1. The molecule has 1 saturated heterocycles. The second kappa shape index (κ2) is 9.06. The molecular weight excluding hydrogens is 358 g/mol. The van der Waals surface area contributed by atoms with Crippen LogP contribution in [0.4, 0.5) is 0 Å². The number of piperazine rings is 1. The van der Waals surface area contributed by atoms with E-state index in [9.17, 15) is 4.79 Å². The predicted molar refractivity (Wildman–Crippen MR) is 112 cm³/mol. The van der Waals surface area contributed by atoms with E-state index < -0.39 is 0 Å². The minimum Gasteiger partial charge on any atom is -0.355 e. The Kier molecular flexibility index (Phi) is 6.76. The molecule has 3 rings (SSSR count). The lowest BCUT2D eigenvalue weighted by Gasteiger charge is -2.38. The Morgan fingerprint density at radius 2 is 1.96 bits per heavy atom. The lowest BCUT2D eigenvalue weighted by Crippen LogP contribution is -2.54. The number of rotatable bonds is 5. The van der Waals surface area contributed by atoms with Crippen LogP contribution in [0.2, 0.25) is 0 Å². The van der Waals surface area contributed by atoms with Crippen molar-refractivity contribution in [3.63, 3.8) is 0 Å². The van der Waals surface area contributed by atoms with Crippen LogP contribution >= 0.6 is 11.3 Å². The van der Waals surface area contributed by atoms with Gasteiger partial charge in [-0.05, 0) is 24.3 Å². The smallest absolute Gasteiger partial charge is 0.230 e. The number of guanidine groups is 1. The van der Waals surface area contributed by atoms with Gasteiger partial charge in [0.25, 0.3) is 0 Å². The summed E-state index contributed by atoms with van der Waals surface area (Å²) in [5.41, 5.74) is -0.263. The van der Waals surface area contributed by atoms with Crippen LogP contribution in [0.5, 0.6) is 0 Å². The van der Waals surface area contributed by atoms with E-state index in [1.807, 2.05) is 32.5 Å². The van der Waals surface area contributed by atoms with E-state index in [0.717, 1.165) is 64.4 Å². The molecule has 1 aliphatic carbocycles. The van der Waals surface area contributed by atoms with Gasteiger partial charge in [0.05, 0.1) is 5.41 Å². The van der Waals surface area contributed by atoms with Gasteiger partial charge in [-0.2, -0.15) is 0 Å². The summed E-state index contributed by atoms with van der Waals surface area (Å²) in [6.45, 7) is 5.75. The van der Waals surface area contributed by atoms with Gasteiger partial charge in [-0.25, -0.2) is 0 Å². The molecule has 1 aromatic heterocycles. The first kappa shape index (κ1) is 20.1. The fraction of sp³-hybridized carbons (Fsp3) is 0.700. The fourth-order valence-electron chi connectivity index (χ4n) is 4.31. The molecule has 1 amide bonds. The Balaban J connectivity index is 1.53.